The molecule has 0 aliphatic carbocycles. The van der Waals surface area contributed by atoms with Gasteiger partial charge in [-0.2, -0.15) is 5.21 Å². The van der Waals surface area contributed by atoms with E-state index in [1.807, 2.05) is 0 Å². The van der Waals surface area contributed by atoms with Crippen LogP contribution >= 0.6 is 11.3 Å². The van der Waals surface area contributed by atoms with Crippen LogP contribution < -0.4 is 21.3 Å². The summed E-state index contributed by atoms with van der Waals surface area (Å²) >= 11 is 1.42. The number of nitrogens with zero attached hydrogens (tertiary/aromatic N) is 4. The van der Waals surface area contributed by atoms with E-state index in [1.54, 1.807) is 18.2 Å². The van der Waals surface area contributed by atoms with Gasteiger partial charge < -0.3 is 16.6 Å². The van der Waals surface area contributed by atoms with Crippen molar-refractivity contribution in [3.8, 4) is 22.5 Å². The van der Waals surface area contributed by atoms with Crippen molar-refractivity contribution in [3.63, 3.8) is 0 Å². The highest BCUT2D eigenvalue weighted by molar-refractivity contribution is 7.92. The Morgan fingerprint density at radius 2 is 1.91 bits per heavy atom. The molecule has 1 atom stereocenters. The number of sulfonamides is 2. The Balaban J connectivity index is 2.03. The lowest BCUT2D eigenvalue weighted by atomic mass is 9.99. The number of benzene rings is 2. The van der Waals surface area contributed by atoms with Gasteiger partial charge in [-0.05, 0) is 34.5 Å². The maximum Gasteiger partial charge on any atom is 0.242 e. The molecule has 0 aliphatic heterocycles. The van der Waals surface area contributed by atoms with Gasteiger partial charge in [0.05, 0.1) is 28.4 Å². The summed E-state index contributed by atoms with van der Waals surface area (Å²) in [5.41, 5.74) is 12.4. The van der Waals surface area contributed by atoms with Crippen molar-refractivity contribution in [2.24, 2.45) is 16.6 Å². The van der Waals surface area contributed by atoms with Gasteiger partial charge in [0.25, 0.3) is 0 Å². The number of hydrogen-bond acceptors (Lipinski definition) is 12. The van der Waals surface area contributed by atoms with Crippen molar-refractivity contribution < 1.29 is 21.9 Å². The first-order valence-corrected chi connectivity index (χ1v) is 13.8. The molecule has 17 heteroatoms. The van der Waals surface area contributed by atoms with E-state index in [1.165, 1.54) is 17.4 Å². The zero-order valence-corrected chi connectivity index (χ0v) is 20.4. The molecule has 0 saturated heterocycles. The maximum absolute atomic E-state index is 13.1. The van der Waals surface area contributed by atoms with Gasteiger partial charge in [0.15, 0.2) is 0 Å². The van der Waals surface area contributed by atoms with E-state index in [0.717, 1.165) is 10.8 Å². The minimum absolute atomic E-state index is 0.175. The first-order chi connectivity index (χ1) is 16.6. The molecule has 35 heavy (non-hydrogen) atoms. The quantitative estimate of drug-likeness (QED) is 0.148. The van der Waals surface area contributed by atoms with Crippen LogP contribution in [-0.4, -0.2) is 66.7 Å². The van der Waals surface area contributed by atoms with Crippen LogP contribution in [0.5, 0.6) is 0 Å². The maximum atomic E-state index is 13.1. The van der Waals surface area contributed by atoms with Crippen molar-refractivity contribution in [1.29, 1.82) is 0 Å². The smallest absolute Gasteiger partial charge is 0.242 e. The first-order valence-electron chi connectivity index (χ1n) is 9.95. The Morgan fingerprint density at radius 1 is 1.14 bits per heavy atom. The summed E-state index contributed by atoms with van der Waals surface area (Å²) in [7, 11) is -9.16. The largest absolute Gasteiger partial charge is 0.395 e. The number of aromatic amines is 1. The molecular formula is C18H21N9O5S3. The van der Waals surface area contributed by atoms with Crippen LogP contribution in [0.25, 0.3) is 32.7 Å². The van der Waals surface area contributed by atoms with Gasteiger partial charge in [0.2, 0.25) is 25.9 Å². The van der Waals surface area contributed by atoms with Gasteiger partial charge in [-0.1, -0.05) is 12.1 Å². The molecule has 1 unspecified atom stereocenters. The third-order valence-electron chi connectivity index (χ3n) is 5.01. The minimum atomic E-state index is -4.66. The number of aromatic nitrogens is 5. The number of aliphatic hydroxyl groups is 1. The summed E-state index contributed by atoms with van der Waals surface area (Å²) in [4.78, 5) is 3.05. The zero-order chi connectivity index (χ0) is 25.4. The van der Waals surface area contributed by atoms with Gasteiger partial charge in [-0.3, -0.25) is 0 Å². The van der Waals surface area contributed by atoms with E-state index in [9.17, 15) is 21.9 Å². The second-order valence-corrected chi connectivity index (χ2v) is 11.6. The molecule has 2 aromatic carbocycles. The predicted molar refractivity (Wildman–Crippen MR) is 128 cm³/mol. The van der Waals surface area contributed by atoms with Gasteiger partial charge >= 0.3 is 0 Å². The molecule has 0 amide bonds. The Morgan fingerprint density at radius 3 is 2.51 bits per heavy atom. The second-order valence-electron chi connectivity index (χ2n) is 7.33. The van der Waals surface area contributed by atoms with Gasteiger partial charge in [-0.15, -0.1) is 21.5 Å². The SMILES string of the molecule is NCc1nc2cc(-c3ccc(S(=O)(=O)NC(CN)CO)c(S(N)(=O)=O)c3-c3nn[nH]n3)ccc2s1. The molecule has 0 radical (unpaired) electrons. The fraction of sp³-hybridized carbons (Fsp3) is 0.222. The number of tetrazole rings is 1. The van der Waals surface area contributed by atoms with Gasteiger partial charge in [0, 0.05) is 13.1 Å². The van der Waals surface area contributed by atoms with Crippen LogP contribution in [0.1, 0.15) is 5.01 Å². The van der Waals surface area contributed by atoms with Crippen molar-refractivity contribution in [3.05, 3.63) is 35.3 Å². The van der Waals surface area contributed by atoms with E-state index in [4.69, 9.17) is 16.6 Å². The molecule has 2 heterocycles. The van der Waals surface area contributed by atoms with Crippen molar-refractivity contribution in [1.82, 2.24) is 30.3 Å². The average Bonchev–Trinajstić information content (AvgIpc) is 3.50. The molecule has 9 N–H and O–H groups in total. The average molecular weight is 540 g/mol. The van der Waals surface area contributed by atoms with Crippen LogP contribution in [-0.2, 0) is 26.6 Å². The highest BCUT2D eigenvalue weighted by Crippen LogP contribution is 2.39. The fourth-order valence-corrected chi connectivity index (χ4v) is 7.13. The second kappa shape index (κ2) is 9.63. The number of nitrogens with one attached hydrogen (secondary N) is 2. The highest BCUT2D eigenvalue weighted by atomic mass is 32.2. The van der Waals surface area contributed by atoms with Crippen molar-refractivity contribution in [2.75, 3.05) is 13.2 Å². The minimum Gasteiger partial charge on any atom is -0.395 e. The van der Waals surface area contributed by atoms with Crippen LogP contribution in [0.3, 0.4) is 0 Å². The Hall–Kier alpha value is -2.90. The monoisotopic (exact) mass is 539 g/mol. The molecule has 0 aliphatic rings. The summed E-state index contributed by atoms with van der Waals surface area (Å²) in [5, 5.41) is 29.0. The first kappa shape index (κ1) is 25.2. The fourth-order valence-electron chi connectivity index (χ4n) is 3.46. The van der Waals surface area contributed by atoms with E-state index >= 15 is 0 Å². The molecule has 2 aromatic heterocycles. The van der Waals surface area contributed by atoms with Gasteiger partial charge in [0.1, 0.15) is 14.8 Å². The summed E-state index contributed by atoms with van der Waals surface area (Å²) in [6.07, 6.45) is 0. The van der Waals surface area contributed by atoms with E-state index < -0.39 is 42.5 Å². The summed E-state index contributed by atoms with van der Waals surface area (Å²) in [6.45, 7) is -0.571. The molecule has 0 saturated carbocycles. The Kier molecular flexibility index (Phi) is 6.93. The molecule has 0 spiro atoms. The van der Waals surface area contributed by atoms with E-state index in [0.29, 0.717) is 16.1 Å². The highest BCUT2D eigenvalue weighted by Gasteiger charge is 2.33. The van der Waals surface area contributed by atoms with Crippen LogP contribution in [0.4, 0.5) is 0 Å². The number of thiazole rings is 1. The number of nitrogens with two attached hydrogens (primary N) is 3. The van der Waals surface area contributed by atoms with Gasteiger partial charge in [-0.25, -0.2) is 31.7 Å². The topological polar surface area (TPSA) is 246 Å². The summed E-state index contributed by atoms with van der Waals surface area (Å²) in [5.74, 6) is -0.195. The van der Waals surface area contributed by atoms with Crippen LogP contribution in [0.15, 0.2) is 40.1 Å². The lowest BCUT2D eigenvalue weighted by Crippen LogP contribution is -2.43. The lowest BCUT2D eigenvalue weighted by molar-refractivity contribution is 0.259. The Bertz CT molecular complexity index is 1580. The summed E-state index contributed by atoms with van der Waals surface area (Å²) < 4.78 is 54.9. The number of primary sulfonamides is 1. The third-order valence-corrected chi connectivity index (χ3v) is 8.75. The van der Waals surface area contributed by atoms with Crippen molar-refractivity contribution >= 4 is 41.6 Å². The number of aliphatic hydroxyl groups excluding tert-OH is 1. The van der Waals surface area contributed by atoms with Crippen LogP contribution in [0, 0.1) is 0 Å². The molecule has 0 bridgehead atoms. The van der Waals surface area contributed by atoms with E-state index in [-0.39, 0.29) is 30.0 Å². The molecule has 4 aromatic rings. The molecule has 0 fully saturated rings. The number of fused-ring (bicyclic) bond motifs is 1. The van der Waals surface area contributed by atoms with Crippen LogP contribution in [0.2, 0.25) is 0 Å². The van der Waals surface area contributed by atoms with E-state index in [2.05, 4.69) is 30.3 Å². The molecule has 4 rings (SSSR count). The third kappa shape index (κ3) is 4.93. The molecule has 14 nitrogen and oxygen atoms in total. The zero-order valence-electron chi connectivity index (χ0n) is 17.9. The Labute approximate surface area is 203 Å². The number of hydrogen-bond donors (Lipinski definition) is 6. The summed E-state index contributed by atoms with van der Waals surface area (Å²) in [6, 6.07) is 6.67. The number of H-pyrrole nitrogens is 1. The molecule has 186 valence electrons. The number of rotatable bonds is 9. The lowest BCUT2D eigenvalue weighted by Gasteiger charge is -2.19. The predicted octanol–water partition coefficient (Wildman–Crippen LogP) is -1.15. The normalized spacial score (nSPS) is 13.4. The van der Waals surface area contributed by atoms with Crippen molar-refractivity contribution in [2.45, 2.75) is 22.4 Å². The molecular weight excluding hydrogens is 518 g/mol. The standard InChI is InChI=1S/C18H21N9O5S3/c19-6-10(8-28)25-35(31,32)14-4-2-11(9-1-3-13-12(5-9)22-15(7-20)33-13)16(17(14)34(21,29)30)18-23-26-27-24-18/h1-5,10,25,28H,6-8,19-20H2,(H2,21,29,30)(H,23,24,26,27).